The Bertz CT molecular complexity index is 885. The summed E-state index contributed by atoms with van der Waals surface area (Å²) < 4.78 is 46.1. The van der Waals surface area contributed by atoms with Gasteiger partial charge in [0.25, 0.3) is 0 Å². The van der Waals surface area contributed by atoms with E-state index in [-0.39, 0.29) is 16.9 Å². The van der Waals surface area contributed by atoms with Crippen molar-refractivity contribution >= 4 is 15.8 Å². The van der Waals surface area contributed by atoms with Gasteiger partial charge in [0.1, 0.15) is 23.1 Å². The topological polar surface area (TPSA) is 93.2 Å². The number of rotatable bonds is 7. The van der Waals surface area contributed by atoms with Crippen LogP contribution in [0.5, 0.6) is 0 Å². The van der Waals surface area contributed by atoms with E-state index in [1.54, 1.807) is 14.2 Å². The highest BCUT2D eigenvalue weighted by molar-refractivity contribution is 7.89. The number of aromatic nitrogens is 2. The van der Waals surface area contributed by atoms with E-state index in [1.165, 1.54) is 18.2 Å². The molecule has 1 saturated carbocycles. The number of hydrogen-bond acceptors (Lipinski definition) is 6. The van der Waals surface area contributed by atoms with Crippen molar-refractivity contribution in [3.63, 3.8) is 0 Å². The van der Waals surface area contributed by atoms with Crippen LogP contribution in [-0.4, -0.2) is 38.6 Å². The molecule has 1 aromatic carbocycles. The Morgan fingerprint density at radius 3 is 2.65 bits per heavy atom. The average molecular weight is 380 g/mol. The monoisotopic (exact) mass is 380 g/mol. The smallest absolute Gasteiger partial charge is 0.243 e. The Kier molecular flexibility index (Phi) is 5.49. The van der Waals surface area contributed by atoms with E-state index in [0.717, 1.165) is 11.8 Å². The molecule has 7 nitrogen and oxygen atoms in total. The number of sulfonamides is 1. The van der Waals surface area contributed by atoms with Crippen LogP contribution in [0.3, 0.4) is 0 Å². The minimum absolute atomic E-state index is 0.119. The summed E-state index contributed by atoms with van der Waals surface area (Å²) in [7, 11) is -0.528. The van der Waals surface area contributed by atoms with Gasteiger partial charge >= 0.3 is 0 Å². The molecular weight excluding hydrogens is 359 g/mol. The normalized spacial score (nSPS) is 19.8. The van der Waals surface area contributed by atoms with Crippen LogP contribution >= 0.6 is 0 Å². The minimum atomic E-state index is -3.88. The summed E-state index contributed by atoms with van der Waals surface area (Å²) in [5, 5.41) is 2.99. The maximum atomic E-state index is 13.7. The van der Waals surface area contributed by atoms with Gasteiger partial charge in [0, 0.05) is 37.9 Å². The molecule has 1 fully saturated rings. The van der Waals surface area contributed by atoms with Gasteiger partial charge in [0.15, 0.2) is 5.82 Å². The third kappa shape index (κ3) is 4.00. The number of ether oxygens (including phenoxy) is 1. The van der Waals surface area contributed by atoms with Crippen LogP contribution < -0.4 is 10.0 Å². The van der Waals surface area contributed by atoms with Gasteiger partial charge in [-0.1, -0.05) is 12.1 Å². The van der Waals surface area contributed by atoms with Crippen LogP contribution in [0.4, 0.5) is 10.2 Å². The van der Waals surface area contributed by atoms with E-state index >= 15 is 0 Å². The van der Waals surface area contributed by atoms with Crippen molar-refractivity contribution in [3.8, 4) is 0 Å². The molecule has 0 saturated heterocycles. The highest BCUT2D eigenvalue weighted by Crippen LogP contribution is 2.37. The molecule has 0 bridgehead atoms. The van der Waals surface area contributed by atoms with Crippen molar-refractivity contribution in [2.45, 2.75) is 36.3 Å². The number of benzene rings is 1. The molecular formula is C17H21FN4O3S. The second-order valence-electron chi connectivity index (χ2n) is 6.19. The largest absolute Gasteiger partial charge is 0.377 e. The van der Waals surface area contributed by atoms with Crippen LogP contribution in [0.1, 0.15) is 30.3 Å². The van der Waals surface area contributed by atoms with Gasteiger partial charge in [-0.2, -0.15) is 0 Å². The summed E-state index contributed by atoms with van der Waals surface area (Å²) >= 11 is 0. The van der Waals surface area contributed by atoms with Crippen LogP contribution in [0.2, 0.25) is 0 Å². The zero-order chi connectivity index (χ0) is 18.7. The Hall–Kier alpha value is -2.10. The number of nitrogens with zero attached hydrogens (tertiary/aromatic N) is 2. The van der Waals surface area contributed by atoms with Gasteiger partial charge in [-0.25, -0.2) is 27.5 Å². The van der Waals surface area contributed by atoms with Gasteiger partial charge in [-0.05, 0) is 25.0 Å². The molecule has 1 heterocycles. The fourth-order valence-electron chi connectivity index (χ4n) is 2.95. The molecule has 2 aromatic rings. The van der Waals surface area contributed by atoms with Gasteiger partial charge < -0.3 is 10.1 Å². The first-order valence-electron chi connectivity index (χ1n) is 8.24. The number of nitrogens with one attached hydrogen (secondary N) is 2. The molecule has 0 radical (unpaired) electrons. The summed E-state index contributed by atoms with van der Waals surface area (Å²) in [5.74, 6) is 0.630. The summed E-state index contributed by atoms with van der Waals surface area (Å²) in [6, 6.07) is 6.96. The van der Waals surface area contributed by atoms with Gasteiger partial charge in [-0.15, -0.1) is 0 Å². The maximum absolute atomic E-state index is 13.7. The molecule has 1 aliphatic carbocycles. The number of halogens is 1. The summed E-state index contributed by atoms with van der Waals surface area (Å²) in [5.41, 5.74) is 0.845. The fourth-order valence-corrected chi connectivity index (χ4v) is 4.29. The summed E-state index contributed by atoms with van der Waals surface area (Å²) in [6.45, 7) is 0.304. The van der Waals surface area contributed by atoms with E-state index in [9.17, 15) is 12.8 Å². The second-order valence-corrected chi connectivity index (χ2v) is 7.88. The Labute approximate surface area is 152 Å². The second kappa shape index (κ2) is 7.65. The molecule has 140 valence electrons. The number of anilines is 1. The summed E-state index contributed by atoms with van der Waals surface area (Å²) in [6.07, 6.45) is 1.19. The van der Waals surface area contributed by atoms with E-state index < -0.39 is 15.8 Å². The number of methoxy groups -OCH3 is 1. The van der Waals surface area contributed by atoms with E-state index in [1.807, 2.05) is 6.07 Å². The van der Waals surface area contributed by atoms with Gasteiger partial charge in [0.2, 0.25) is 10.0 Å². The molecule has 9 heteroatoms. The zero-order valence-electron chi connectivity index (χ0n) is 14.6. The van der Waals surface area contributed by atoms with Crippen LogP contribution in [0.15, 0.2) is 35.2 Å². The molecule has 3 rings (SSSR count). The molecule has 0 atom stereocenters. The van der Waals surface area contributed by atoms with Crippen molar-refractivity contribution in [1.82, 2.24) is 14.7 Å². The lowest BCUT2D eigenvalue weighted by molar-refractivity contribution is 0.177. The van der Waals surface area contributed by atoms with Crippen LogP contribution in [-0.2, 0) is 21.4 Å². The van der Waals surface area contributed by atoms with Crippen molar-refractivity contribution in [1.29, 1.82) is 0 Å². The van der Waals surface area contributed by atoms with Crippen molar-refractivity contribution in [2.24, 2.45) is 0 Å². The Morgan fingerprint density at radius 1 is 1.27 bits per heavy atom. The molecule has 0 aliphatic heterocycles. The van der Waals surface area contributed by atoms with Crippen LogP contribution in [0.25, 0.3) is 0 Å². The minimum Gasteiger partial charge on any atom is -0.377 e. The van der Waals surface area contributed by atoms with E-state index in [4.69, 9.17) is 4.74 Å². The molecule has 2 N–H and O–H groups in total. The average Bonchev–Trinajstić information content (AvgIpc) is 2.58. The standard InChI is InChI=1S/C17H21FN4O3S/c1-19-16-9-14(20-17(21-16)10-25-2)11-7-12(8-11)22-26(23,24)15-6-4-3-5-13(15)18/h3-6,9,11-12,22H,7-8,10H2,1-2H3,(H,19,20,21). The molecule has 0 amide bonds. The number of hydrogen-bond donors (Lipinski definition) is 2. The lowest BCUT2D eigenvalue weighted by Crippen LogP contribution is -2.43. The highest BCUT2D eigenvalue weighted by Gasteiger charge is 2.35. The SMILES string of the molecule is CNc1cc(C2CC(NS(=O)(=O)c3ccccc3F)C2)nc(COC)n1. The van der Waals surface area contributed by atoms with Crippen molar-refractivity contribution in [2.75, 3.05) is 19.5 Å². The van der Waals surface area contributed by atoms with Gasteiger partial charge in [-0.3, -0.25) is 0 Å². The third-order valence-corrected chi connectivity index (χ3v) is 5.88. The van der Waals surface area contributed by atoms with Crippen molar-refractivity contribution < 1.29 is 17.5 Å². The molecule has 1 aromatic heterocycles. The fraction of sp³-hybridized carbons (Fsp3) is 0.412. The maximum Gasteiger partial charge on any atom is 0.243 e. The van der Waals surface area contributed by atoms with E-state index in [2.05, 4.69) is 20.0 Å². The van der Waals surface area contributed by atoms with Crippen LogP contribution in [0, 0.1) is 5.82 Å². The first-order valence-corrected chi connectivity index (χ1v) is 9.72. The highest BCUT2D eigenvalue weighted by atomic mass is 32.2. The molecule has 0 unspecified atom stereocenters. The molecule has 1 aliphatic rings. The van der Waals surface area contributed by atoms with E-state index in [0.29, 0.717) is 31.1 Å². The summed E-state index contributed by atoms with van der Waals surface area (Å²) in [4.78, 5) is 8.46. The lowest BCUT2D eigenvalue weighted by atomic mass is 9.78. The Balaban J connectivity index is 1.68. The zero-order valence-corrected chi connectivity index (χ0v) is 15.4. The lowest BCUT2D eigenvalue weighted by Gasteiger charge is -2.35. The first-order chi connectivity index (χ1) is 12.4. The first kappa shape index (κ1) is 18.7. The quantitative estimate of drug-likeness (QED) is 0.763. The Morgan fingerprint density at radius 2 is 2.00 bits per heavy atom. The van der Waals surface area contributed by atoms with Gasteiger partial charge in [0.05, 0.1) is 0 Å². The van der Waals surface area contributed by atoms with Crippen molar-refractivity contribution in [3.05, 3.63) is 47.7 Å². The molecule has 26 heavy (non-hydrogen) atoms. The predicted octanol–water partition coefficient (Wildman–Crippen LogP) is 2.03. The molecule has 0 spiro atoms. The predicted molar refractivity (Wildman–Crippen MR) is 94.8 cm³/mol. The third-order valence-electron chi connectivity index (χ3n) is 4.33.